The fourth-order valence-electron chi connectivity index (χ4n) is 3.50. The van der Waals surface area contributed by atoms with Crippen molar-refractivity contribution in [2.45, 2.75) is 82.5 Å². The second kappa shape index (κ2) is 7.41. The summed E-state index contributed by atoms with van der Waals surface area (Å²) in [6.45, 7) is 10.7. The molecule has 1 amide bonds. The number of rotatable bonds is 3. The Labute approximate surface area is 172 Å². The zero-order chi connectivity index (χ0) is 21.6. The molecular formula is C21H29NO6S. The van der Waals surface area contributed by atoms with Crippen LogP contribution >= 0.6 is 0 Å². The Morgan fingerprint density at radius 2 is 1.79 bits per heavy atom. The van der Waals surface area contributed by atoms with Crippen LogP contribution in [0.15, 0.2) is 40.1 Å². The van der Waals surface area contributed by atoms with E-state index in [4.69, 9.17) is 14.2 Å². The summed E-state index contributed by atoms with van der Waals surface area (Å²) in [5, 5.41) is 2.78. The van der Waals surface area contributed by atoms with Crippen molar-refractivity contribution in [1.29, 1.82) is 0 Å². The van der Waals surface area contributed by atoms with Gasteiger partial charge in [0.05, 0.1) is 15.8 Å². The van der Waals surface area contributed by atoms with E-state index in [1.807, 2.05) is 6.92 Å². The van der Waals surface area contributed by atoms with Crippen LogP contribution in [0, 0.1) is 6.92 Å². The predicted octanol–water partition coefficient (Wildman–Crippen LogP) is 3.47. The second-order valence-corrected chi connectivity index (χ2v) is 11.0. The third kappa shape index (κ3) is 4.99. The van der Waals surface area contributed by atoms with Gasteiger partial charge in [-0.15, -0.1) is 0 Å². The van der Waals surface area contributed by atoms with Gasteiger partial charge < -0.3 is 19.5 Å². The molecule has 1 aliphatic carbocycles. The Bertz CT molecular complexity index is 911. The van der Waals surface area contributed by atoms with E-state index < -0.39 is 45.6 Å². The molecule has 1 N–H and O–H groups in total. The third-order valence-electron chi connectivity index (χ3n) is 4.71. The van der Waals surface area contributed by atoms with E-state index in [0.717, 1.165) is 5.56 Å². The molecule has 0 unspecified atom stereocenters. The number of carbonyl (C=O) groups is 1. The van der Waals surface area contributed by atoms with Crippen molar-refractivity contribution in [1.82, 2.24) is 5.32 Å². The predicted molar refractivity (Wildman–Crippen MR) is 108 cm³/mol. The minimum Gasteiger partial charge on any atom is -0.444 e. The standard InChI is InChI=1S/C21H29NO6S/c1-13-7-9-14(10-8-13)29(24,25)15-11-16(22-19(23)28-20(2,3)4)18-17(12-15)26-21(5,6)27-18/h7-10,12,16-18H,11H2,1-6H3,(H,22,23)/t16-,17-,18+/m1/s1. The number of carbonyl (C=O) groups excluding carboxylic acids is 1. The monoisotopic (exact) mass is 423 g/mol. The van der Waals surface area contributed by atoms with Gasteiger partial charge in [0.2, 0.25) is 9.84 Å². The van der Waals surface area contributed by atoms with Crippen molar-refractivity contribution in [3.63, 3.8) is 0 Å². The van der Waals surface area contributed by atoms with Crippen LogP contribution in [0.5, 0.6) is 0 Å². The van der Waals surface area contributed by atoms with Gasteiger partial charge in [0.25, 0.3) is 0 Å². The van der Waals surface area contributed by atoms with Crippen molar-refractivity contribution in [2.75, 3.05) is 0 Å². The Morgan fingerprint density at radius 3 is 2.38 bits per heavy atom. The van der Waals surface area contributed by atoms with Crippen molar-refractivity contribution >= 4 is 15.9 Å². The van der Waals surface area contributed by atoms with Gasteiger partial charge in [0.15, 0.2) is 5.79 Å². The molecule has 2 aliphatic rings. The van der Waals surface area contributed by atoms with Crippen LogP contribution < -0.4 is 5.32 Å². The van der Waals surface area contributed by atoms with E-state index in [0.29, 0.717) is 0 Å². The molecule has 1 aromatic rings. The Hall–Kier alpha value is -1.90. The highest BCUT2D eigenvalue weighted by molar-refractivity contribution is 7.95. The summed E-state index contributed by atoms with van der Waals surface area (Å²) in [5.74, 6) is -0.886. The minimum absolute atomic E-state index is 0.0933. The summed E-state index contributed by atoms with van der Waals surface area (Å²) in [6.07, 6.45) is -0.0234. The largest absolute Gasteiger partial charge is 0.444 e. The molecular weight excluding hydrogens is 394 g/mol. The summed E-state index contributed by atoms with van der Waals surface area (Å²) < 4.78 is 43.6. The Morgan fingerprint density at radius 1 is 1.17 bits per heavy atom. The molecule has 29 heavy (non-hydrogen) atoms. The normalized spacial score (nSPS) is 26.4. The maximum absolute atomic E-state index is 13.2. The number of sulfone groups is 1. The topological polar surface area (TPSA) is 90.9 Å². The van der Waals surface area contributed by atoms with Crippen LogP contribution in [-0.4, -0.2) is 44.1 Å². The maximum Gasteiger partial charge on any atom is 0.407 e. The summed E-state index contributed by atoms with van der Waals surface area (Å²) in [7, 11) is -3.73. The lowest BCUT2D eigenvalue weighted by atomic mass is 9.96. The first kappa shape index (κ1) is 21.8. The van der Waals surface area contributed by atoms with Crippen molar-refractivity contribution in [3.8, 4) is 0 Å². The van der Waals surface area contributed by atoms with E-state index in [1.54, 1.807) is 65.0 Å². The quantitative estimate of drug-likeness (QED) is 0.801. The number of hydrogen-bond donors (Lipinski definition) is 1. The number of aryl methyl sites for hydroxylation is 1. The number of ether oxygens (including phenoxy) is 3. The number of nitrogens with one attached hydrogen (secondary N) is 1. The van der Waals surface area contributed by atoms with Crippen LogP contribution in [0.1, 0.15) is 46.6 Å². The van der Waals surface area contributed by atoms with E-state index in [-0.39, 0.29) is 16.2 Å². The maximum atomic E-state index is 13.2. The molecule has 0 spiro atoms. The molecule has 1 saturated heterocycles. The average molecular weight is 424 g/mol. The third-order valence-corrected chi connectivity index (χ3v) is 6.60. The summed E-state index contributed by atoms with van der Waals surface area (Å²) in [6, 6.07) is 6.09. The highest BCUT2D eigenvalue weighted by Gasteiger charge is 2.49. The fraction of sp³-hybridized carbons (Fsp3) is 0.571. The van der Waals surface area contributed by atoms with Gasteiger partial charge in [-0.2, -0.15) is 0 Å². The molecule has 1 fully saturated rings. The van der Waals surface area contributed by atoms with E-state index in [2.05, 4.69) is 5.32 Å². The molecule has 0 bridgehead atoms. The van der Waals surface area contributed by atoms with Gasteiger partial charge in [-0.3, -0.25) is 0 Å². The number of fused-ring (bicyclic) bond motifs is 1. The average Bonchev–Trinajstić information content (AvgIpc) is 2.87. The minimum atomic E-state index is -3.73. The van der Waals surface area contributed by atoms with E-state index in [9.17, 15) is 13.2 Å². The molecule has 160 valence electrons. The molecule has 0 saturated carbocycles. The van der Waals surface area contributed by atoms with Crippen LogP contribution in [-0.2, 0) is 24.0 Å². The van der Waals surface area contributed by atoms with Gasteiger partial charge in [0.1, 0.15) is 17.8 Å². The smallest absolute Gasteiger partial charge is 0.407 e. The molecule has 8 heteroatoms. The van der Waals surface area contributed by atoms with E-state index in [1.165, 1.54) is 0 Å². The number of amides is 1. The van der Waals surface area contributed by atoms with Gasteiger partial charge >= 0.3 is 6.09 Å². The number of hydrogen-bond acceptors (Lipinski definition) is 6. The molecule has 1 aromatic carbocycles. The van der Waals surface area contributed by atoms with Crippen molar-refractivity contribution in [2.24, 2.45) is 0 Å². The van der Waals surface area contributed by atoms with Crippen molar-refractivity contribution in [3.05, 3.63) is 40.8 Å². The van der Waals surface area contributed by atoms with Crippen molar-refractivity contribution < 1.29 is 27.4 Å². The first-order valence-electron chi connectivity index (χ1n) is 9.64. The summed E-state index contributed by atoms with van der Waals surface area (Å²) in [4.78, 5) is 12.8. The van der Waals surface area contributed by atoms with Crippen LogP contribution in [0.2, 0.25) is 0 Å². The van der Waals surface area contributed by atoms with Gasteiger partial charge in [0, 0.05) is 6.42 Å². The van der Waals surface area contributed by atoms with Crippen LogP contribution in [0.4, 0.5) is 4.79 Å². The Kier molecular flexibility index (Phi) is 5.57. The lowest BCUT2D eigenvalue weighted by Gasteiger charge is -2.32. The fourth-order valence-corrected chi connectivity index (χ4v) is 5.01. The van der Waals surface area contributed by atoms with Crippen LogP contribution in [0.25, 0.3) is 0 Å². The van der Waals surface area contributed by atoms with Crippen LogP contribution in [0.3, 0.4) is 0 Å². The highest BCUT2D eigenvalue weighted by atomic mass is 32.2. The Balaban J connectivity index is 1.91. The molecule has 0 aromatic heterocycles. The van der Waals surface area contributed by atoms with Gasteiger partial charge in [-0.05, 0) is 59.8 Å². The first-order chi connectivity index (χ1) is 13.3. The molecule has 1 aliphatic heterocycles. The molecule has 3 atom stereocenters. The SMILES string of the molecule is Cc1ccc(S(=O)(=O)C2=C[C@H]3OC(C)(C)O[C@H]3[C@H](NC(=O)OC(C)(C)C)C2)cc1. The summed E-state index contributed by atoms with van der Waals surface area (Å²) >= 11 is 0. The van der Waals surface area contributed by atoms with Gasteiger partial charge in [-0.25, -0.2) is 13.2 Å². The molecule has 7 nitrogen and oxygen atoms in total. The van der Waals surface area contributed by atoms with E-state index >= 15 is 0 Å². The first-order valence-corrected chi connectivity index (χ1v) is 11.1. The number of benzene rings is 1. The highest BCUT2D eigenvalue weighted by Crippen LogP contribution is 2.38. The molecule has 1 heterocycles. The van der Waals surface area contributed by atoms with Gasteiger partial charge in [-0.1, -0.05) is 17.7 Å². The summed E-state index contributed by atoms with van der Waals surface area (Å²) in [5.41, 5.74) is 0.303. The second-order valence-electron chi connectivity index (χ2n) is 8.97. The zero-order valence-corrected chi connectivity index (χ0v) is 18.5. The molecule has 0 radical (unpaired) electrons. The molecule has 3 rings (SSSR count). The number of alkyl carbamates (subject to hydrolysis) is 1. The lowest BCUT2D eigenvalue weighted by molar-refractivity contribution is -0.145. The lowest BCUT2D eigenvalue weighted by Crippen LogP contribution is -2.51. The zero-order valence-electron chi connectivity index (χ0n) is 17.7.